The van der Waals surface area contributed by atoms with Crippen LogP contribution < -0.4 is 5.32 Å². The van der Waals surface area contributed by atoms with Crippen LogP contribution in [0.3, 0.4) is 0 Å². The average molecular weight is 270 g/mol. The molecule has 0 aromatic carbocycles. The minimum absolute atomic E-state index is 0.856. The molecule has 0 saturated heterocycles. The normalized spacial score (nSPS) is 15.6. The highest BCUT2D eigenvalue weighted by Crippen LogP contribution is 2.19. The molecule has 3 rings (SSSR count). The Labute approximate surface area is 119 Å². The monoisotopic (exact) mass is 270 g/mol. The van der Waals surface area contributed by atoms with Crippen LogP contribution in [0.2, 0.25) is 0 Å². The van der Waals surface area contributed by atoms with Crippen molar-refractivity contribution in [2.45, 2.75) is 45.6 Å². The van der Waals surface area contributed by atoms with E-state index in [1.807, 2.05) is 23.7 Å². The van der Waals surface area contributed by atoms with Crippen molar-refractivity contribution in [3.63, 3.8) is 0 Å². The highest BCUT2D eigenvalue weighted by atomic mass is 15.2. The quantitative estimate of drug-likeness (QED) is 0.671. The predicted molar refractivity (Wildman–Crippen MR) is 80.6 cm³/mol. The van der Waals surface area contributed by atoms with Gasteiger partial charge in [0.05, 0.1) is 5.69 Å². The highest BCUT2D eigenvalue weighted by Gasteiger charge is 2.04. The van der Waals surface area contributed by atoms with Crippen LogP contribution in [0.25, 0.3) is 5.65 Å². The summed E-state index contributed by atoms with van der Waals surface area (Å²) in [6.45, 7) is 3.89. The number of nitrogens with zero attached hydrogens (tertiary/aromatic N) is 3. The second kappa shape index (κ2) is 6.18. The molecule has 0 amide bonds. The molecule has 0 aliphatic heterocycles. The van der Waals surface area contributed by atoms with E-state index in [4.69, 9.17) is 0 Å². The van der Waals surface area contributed by atoms with Crippen molar-refractivity contribution < 1.29 is 0 Å². The second-order valence-corrected chi connectivity index (χ2v) is 5.59. The topological polar surface area (TPSA) is 42.2 Å². The van der Waals surface area contributed by atoms with E-state index in [9.17, 15) is 0 Å². The van der Waals surface area contributed by atoms with Gasteiger partial charge >= 0.3 is 0 Å². The molecule has 0 bridgehead atoms. The van der Waals surface area contributed by atoms with Gasteiger partial charge in [-0.1, -0.05) is 11.6 Å². The zero-order valence-corrected chi connectivity index (χ0v) is 12.1. The summed E-state index contributed by atoms with van der Waals surface area (Å²) in [5.74, 6) is 0. The molecule has 2 heterocycles. The Morgan fingerprint density at radius 2 is 2.30 bits per heavy atom. The third-order valence-corrected chi connectivity index (χ3v) is 3.83. The third-order valence-electron chi connectivity index (χ3n) is 3.83. The Kier molecular flexibility index (Phi) is 4.11. The lowest BCUT2D eigenvalue weighted by Crippen LogP contribution is -2.16. The first kappa shape index (κ1) is 13.3. The molecule has 1 N–H and O–H groups in total. The molecule has 2 aromatic rings. The van der Waals surface area contributed by atoms with Crippen LogP contribution in [-0.2, 0) is 6.54 Å². The molecule has 0 atom stereocenters. The Hall–Kier alpha value is -1.68. The summed E-state index contributed by atoms with van der Waals surface area (Å²) in [6, 6.07) is 1.99. The fraction of sp³-hybridized carbons (Fsp3) is 0.500. The molecule has 0 fully saturated rings. The largest absolute Gasteiger partial charge is 0.312 e. The zero-order chi connectivity index (χ0) is 13.8. The minimum Gasteiger partial charge on any atom is -0.312 e. The van der Waals surface area contributed by atoms with Gasteiger partial charge in [-0.3, -0.25) is 0 Å². The maximum Gasteiger partial charge on any atom is 0.155 e. The number of nitrogens with one attached hydrogen (secondary N) is 1. The zero-order valence-electron chi connectivity index (χ0n) is 12.1. The van der Waals surface area contributed by atoms with Gasteiger partial charge in [0.1, 0.15) is 0 Å². The minimum atomic E-state index is 0.856. The van der Waals surface area contributed by atoms with Crippen molar-refractivity contribution in [2.24, 2.45) is 0 Å². The van der Waals surface area contributed by atoms with Gasteiger partial charge in [-0.2, -0.15) is 5.10 Å². The summed E-state index contributed by atoms with van der Waals surface area (Å²) in [4.78, 5) is 4.42. The fourth-order valence-electron chi connectivity index (χ4n) is 2.74. The van der Waals surface area contributed by atoms with E-state index in [1.54, 1.807) is 5.57 Å². The molecule has 0 saturated carbocycles. The van der Waals surface area contributed by atoms with Gasteiger partial charge in [-0.25, -0.2) is 9.50 Å². The molecular weight excluding hydrogens is 248 g/mol. The van der Waals surface area contributed by atoms with Crippen molar-refractivity contribution in [1.29, 1.82) is 0 Å². The summed E-state index contributed by atoms with van der Waals surface area (Å²) in [5, 5.41) is 7.89. The van der Waals surface area contributed by atoms with Gasteiger partial charge in [0.25, 0.3) is 0 Å². The number of aromatic nitrogens is 3. The lowest BCUT2D eigenvalue weighted by atomic mass is 9.97. The Bertz CT molecular complexity index is 612. The molecule has 0 radical (unpaired) electrons. The van der Waals surface area contributed by atoms with E-state index in [0.29, 0.717) is 0 Å². The van der Waals surface area contributed by atoms with Crippen LogP contribution >= 0.6 is 0 Å². The highest BCUT2D eigenvalue weighted by molar-refractivity contribution is 5.38. The van der Waals surface area contributed by atoms with E-state index < -0.39 is 0 Å². The van der Waals surface area contributed by atoms with E-state index in [1.165, 1.54) is 37.7 Å². The Morgan fingerprint density at radius 3 is 3.15 bits per heavy atom. The van der Waals surface area contributed by atoms with Crippen LogP contribution in [0.1, 0.15) is 43.4 Å². The summed E-state index contributed by atoms with van der Waals surface area (Å²) in [5.41, 5.74) is 4.73. The fourth-order valence-corrected chi connectivity index (χ4v) is 2.74. The molecule has 0 unspecified atom stereocenters. The first-order valence-corrected chi connectivity index (χ1v) is 7.51. The number of allylic oxidation sites excluding steroid dienone is 1. The molecule has 1 aliphatic carbocycles. The van der Waals surface area contributed by atoms with E-state index >= 15 is 0 Å². The van der Waals surface area contributed by atoms with E-state index in [0.717, 1.165) is 24.4 Å². The number of fused-ring (bicyclic) bond motifs is 1. The predicted octanol–water partition coefficient (Wildman–Crippen LogP) is 3.02. The maximum atomic E-state index is 4.42. The van der Waals surface area contributed by atoms with Gasteiger partial charge in [0.2, 0.25) is 0 Å². The second-order valence-electron chi connectivity index (χ2n) is 5.59. The Morgan fingerprint density at radius 1 is 1.35 bits per heavy atom. The Balaban J connectivity index is 1.50. The van der Waals surface area contributed by atoms with E-state index in [2.05, 4.69) is 27.7 Å². The van der Waals surface area contributed by atoms with Gasteiger partial charge in [-0.05, 0) is 45.6 Å². The van der Waals surface area contributed by atoms with Crippen molar-refractivity contribution in [3.8, 4) is 0 Å². The lowest BCUT2D eigenvalue weighted by Gasteiger charge is -2.12. The first-order valence-electron chi connectivity index (χ1n) is 7.51. The van der Waals surface area contributed by atoms with Crippen molar-refractivity contribution in [3.05, 3.63) is 41.4 Å². The summed E-state index contributed by atoms with van der Waals surface area (Å²) >= 11 is 0. The summed E-state index contributed by atoms with van der Waals surface area (Å²) in [7, 11) is 0. The molecule has 20 heavy (non-hydrogen) atoms. The molecule has 2 aromatic heterocycles. The molecule has 4 heteroatoms. The standard InChI is InChI=1S/C16H22N4/c1-13-9-16-18-11-15(12-20(16)19-13)10-17-8-7-14-5-3-2-4-6-14/h5,9,11-12,17H,2-4,6-8,10H2,1H3. The molecule has 1 aliphatic rings. The van der Waals surface area contributed by atoms with Crippen LogP contribution in [0.5, 0.6) is 0 Å². The van der Waals surface area contributed by atoms with Gasteiger partial charge in [0, 0.05) is 30.6 Å². The number of rotatable bonds is 5. The lowest BCUT2D eigenvalue weighted by molar-refractivity contribution is 0.630. The van der Waals surface area contributed by atoms with Crippen molar-refractivity contribution in [1.82, 2.24) is 19.9 Å². The first-order chi connectivity index (χ1) is 9.81. The smallest absolute Gasteiger partial charge is 0.155 e. The van der Waals surface area contributed by atoms with Crippen LogP contribution in [0.4, 0.5) is 0 Å². The summed E-state index contributed by atoms with van der Waals surface area (Å²) in [6.07, 6.45) is 12.9. The molecule has 0 spiro atoms. The van der Waals surface area contributed by atoms with Crippen molar-refractivity contribution in [2.75, 3.05) is 6.54 Å². The number of hydrogen-bond acceptors (Lipinski definition) is 3. The van der Waals surface area contributed by atoms with Gasteiger partial charge in [0.15, 0.2) is 5.65 Å². The van der Waals surface area contributed by atoms with Gasteiger partial charge < -0.3 is 5.32 Å². The van der Waals surface area contributed by atoms with Crippen molar-refractivity contribution >= 4 is 5.65 Å². The molecular formula is C16H22N4. The number of hydrogen-bond donors (Lipinski definition) is 1. The molecule has 106 valence electrons. The third kappa shape index (κ3) is 3.25. The maximum absolute atomic E-state index is 4.42. The average Bonchev–Trinajstić information content (AvgIpc) is 2.84. The van der Waals surface area contributed by atoms with Crippen LogP contribution in [0.15, 0.2) is 30.1 Å². The van der Waals surface area contributed by atoms with Gasteiger partial charge in [-0.15, -0.1) is 0 Å². The van der Waals surface area contributed by atoms with Crippen LogP contribution in [-0.4, -0.2) is 21.1 Å². The molecule has 4 nitrogen and oxygen atoms in total. The van der Waals surface area contributed by atoms with E-state index in [-0.39, 0.29) is 0 Å². The summed E-state index contributed by atoms with van der Waals surface area (Å²) < 4.78 is 1.86. The number of aryl methyl sites for hydroxylation is 1. The van der Waals surface area contributed by atoms with Crippen LogP contribution in [0, 0.1) is 6.92 Å². The SMILES string of the molecule is Cc1cc2ncc(CNCCC3=CCCCC3)cn2n1.